The van der Waals surface area contributed by atoms with Crippen LogP contribution in [0.5, 0.6) is 0 Å². The summed E-state index contributed by atoms with van der Waals surface area (Å²) in [5.74, 6) is -1.52. The number of rotatable bonds is 6. The lowest BCUT2D eigenvalue weighted by atomic mass is 10.0. The molecule has 0 fully saturated rings. The molecule has 2 N–H and O–H groups in total. The van der Waals surface area contributed by atoms with Crippen molar-refractivity contribution in [2.45, 2.75) is 43.2 Å². The lowest BCUT2D eigenvalue weighted by Crippen LogP contribution is -2.52. The van der Waals surface area contributed by atoms with Crippen LogP contribution in [0.15, 0.2) is 23.1 Å². The van der Waals surface area contributed by atoms with Crippen molar-refractivity contribution in [3.05, 3.63) is 29.3 Å². The van der Waals surface area contributed by atoms with E-state index in [2.05, 4.69) is 0 Å². The third kappa shape index (κ3) is 4.04. The Balaban J connectivity index is 2.32. The van der Waals surface area contributed by atoms with E-state index in [1.807, 2.05) is 4.72 Å². The Morgan fingerprint density at radius 2 is 2.13 bits per heavy atom. The number of carboxylic acids is 1. The number of hydrogen-bond acceptors (Lipinski definition) is 4. The Hall–Kier alpha value is -1.58. The van der Waals surface area contributed by atoms with Gasteiger partial charge < -0.3 is 9.84 Å². The van der Waals surface area contributed by atoms with Gasteiger partial charge in [-0.3, -0.25) is 4.79 Å². The summed E-state index contributed by atoms with van der Waals surface area (Å²) >= 11 is 0. The van der Waals surface area contributed by atoms with Gasteiger partial charge in [-0.05, 0) is 36.6 Å². The van der Waals surface area contributed by atoms with E-state index in [-0.39, 0.29) is 11.5 Å². The van der Waals surface area contributed by atoms with Crippen molar-refractivity contribution in [1.29, 1.82) is 0 Å². The second kappa shape index (κ2) is 6.50. The number of carbonyl (C=O) groups is 1. The summed E-state index contributed by atoms with van der Waals surface area (Å²) in [6.07, 6.45) is -3.55. The smallest absolute Gasteiger partial charge is 0.305 e. The topological polar surface area (TPSA) is 92.7 Å². The second-order valence-corrected chi connectivity index (χ2v) is 7.31. The second-order valence-electron chi connectivity index (χ2n) is 5.63. The van der Waals surface area contributed by atoms with Gasteiger partial charge >= 0.3 is 5.97 Å². The molecule has 0 bridgehead atoms. The Labute approximate surface area is 132 Å². The molecule has 1 atom stereocenters. The minimum absolute atomic E-state index is 0.195. The Morgan fingerprint density at radius 1 is 1.43 bits per heavy atom. The standard InChI is InChI=1S/C14H17F2NO5S/c1-14(13(15)16,7-12(18)19)17-23(20,21)11-3-2-9-4-5-22-8-10(9)6-11/h2-3,6,13,17H,4-5,7-8H2,1H3,(H,18,19). The molecule has 0 saturated carbocycles. The number of alkyl halides is 2. The lowest BCUT2D eigenvalue weighted by Gasteiger charge is -2.28. The molecule has 0 radical (unpaired) electrons. The van der Waals surface area contributed by atoms with Crippen molar-refractivity contribution >= 4 is 16.0 Å². The molecule has 1 heterocycles. The summed E-state index contributed by atoms with van der Waals surface area (Å²) in [7, 11) is -4.29. The van der Waals surface area contributed by atoms with Crippen molar-refractivity contribution in [3.63, 3.8) is 0 Å². The zero-order chi connectivity index (χ0) is 17.3. The largest absolute Gasteiger partial charge is 0.481 e. The fraction of sp³-hybridized carbons (Fsp3) is 0.500. The first-order valence-electron chi connectivity index (χ1n) is 6.87. The molecule has 0 amide bonds. The van der Waals surface area contributed by atoms with E-state index >= 15 is 0 Å². The molecule has 0 aliphatic carbocycles. The average Bonchev–Trinajstić information content (AvgIpc) is 2.45. The predicted molar refractivity (Wildman–Crippen MR) is 76.8 cm³/mol. The molecule has 1 aliphatic heterocycles. The van der Waals surface area contributed by atoms with Crippen LogP contribution >= 0.6 is 0 Å². The van der Waals surface area contributed by atoms with E-state index in [1.165, 1.54) is 12.1 Å². The lowest BCUT2D eigenvalue weighted by molar-refractivity contribution is -0.140. The van der Waals surface area contributed by atoms with Gasteiger partial charge in [-0.25, -0.2) is 17.2 Å². The number of hydrogen-bond donors (Lipinski definition) is 2. The monoisotopic (exact) mass is 349 g/mol. The quantitative estimate of drug-likeness (QED) is 0.813. The van der Waals surface area contributed by atoms with Crippen LogP contribution in [0.4, 0.5) is 8.78 Å². The summed E-state index contributed by atoms with van der Waals surface area (Å²) < 4.78 is 58.1. The van der Waals surface area contributed by atoms with E-state index in [0.717, 1.165) is 12.5 Å². The molecule has 9 heteroatoms. The first-order valence-corrected chi connectivity index (χ1v) is 8.36. The van der Waals surface area contributed by atoms with Gasteiger partial charge in [-0.2, -0.15) is 4.72 Å². The van der Waals surface area contributed by atoms with E-state index in [4.69, 9.17) is 9.84 Å². The molecule has 1 unspecified atom stereocenters. The maximum atomic E-state index is 13.2. The van der Waals surface area contributed by atoms with E-state index < -0.39 is 34.4 Å². The number of fused-ring (bicyclic) bond motifs is 1. The molecule has 23 heavy (non-hydrogen) atoms. The zero-order valence-corrected chi connectivity index (χ0v) is 13.2. The summed E-state index contributed by atoms with van der Waals surface area (Å²) in [6, 6.07) is 4.30. The molecule has 1 aromatic carbocycles. The first kappa shape index (κ1) is 17.8. The van der Waals surface area contributed by atoms with Gasteiger partial charge in [0.1, 0.15) is 5.54 Å². The van der Waals surface area contributed by atoms with E-state index in [1.54, 1.807) is 6.07 Å². The summed E-state index contributed by atoms with van der Waals surface area (Å²) in [6.45, 7) is 1.66. The number of nitrogens with one attached hydrogen (secondary N) is 1. The average molecular weight is 349 g/mol. The van der Waals surface area contributed by atoms with Crippen molar-refractivity contribution in [2.24, 2.45) is 0 Å². The summed E-state index contributed by atoms with van der Waals surface area (Å²) in [4.78, 5) is 10.6. The molecule has 128 valence electrons. The predicted octanol–water partition coefficient (Wildman–Crippen LogP) is 1.54. The van der Waals surface area contributed by atoms with Crippen molar-refractivity contribution < 1.29 is 31.8 Å². The minimum atomic E-state index is -4.29. The molecule has 1 aliphatic rings. The summed E-state index contributed by atoms with van der Waals surface area (Å²) in [5, 5.41) is 8.74. The molecule has 2 rings (SSSR count). The molecular weight excluding hydrogens is 332 g/mol. The number of benzene rings is 1. The van der Waals surface area contributed by atoms with Crippen molar-refractivity contribution in [2.75, 3.05) is 6.61 Å². The molecule has 6 nitrogen and oxygen atoms in total. The van der Waals surface area contributed by atoms with Gasteiger partial charge in [0.2, 0.25) is 10.0 Å². The Bertz CT molecular complexity index is 707. The van der Waals surface area contributed by atoms with E-state index in [0.29, 0.717) is 18.6 Å². The SMILES string of the molecule is CC(CC(=O)O)(NS(=O)(=O)c1ccc2c(c1)COCC2)C(F)F. The normalized spacial score (nSPS) is 17.6. The highest BCUT2D eigenvalue weighted by atomic mass is 32.2. The van der Waals surface area contributed by atoms with Crippen molar-refractivity contribution in [1.82, 2.24) is 4.72 Å². The van der Waals surface area contributed by atoms with E-state index in [9.17, 15) is 22.0 Å². The van der Waals surface area contributed by atoms with Crippen LogP contribution in [0.1, 0.15) is 24.5 Å². The highest BCUT2D eigenvalue weighted by Crippen LogP contribution is 2.25. The number of carboxylic acid groups (broad SMARTS) is 1. The maximum absolute atomic E-state index is 13.2. The number of aliphatic carboxylic acids is 1. The fourth-order valence-electron chi connectivity index (χ4n) is 2.35. The van der Waals surface area contributed by atoms with Crippen LogP contribution < -0.4 is 4.72 Å². The molecule has 0 saturated heterocycles. The van der Waals surface area contributed by atoms with Crippen LogP contribution in [0.3, 0.4) is 0 Å². The van der Waals surface area contributed by atoms with Crippen LogP contribution in [0, 0.1) is 0 Å². The van der Waals surface area contributed by atoms with Crippen LogP contribution in [-0.2, 0) is 32.6 Å². The Kier molecular flexibility index (Phi) is 5.02. The Morgan fingerprint density at radius 3 is 2.74 bits per heavy atom. The van der Waals surface area contributed by atoms with Crippen LogP contribution in [-0.4, -0.2) is 38.1 Å². The van der Waals surface area contributed by atoms with Gasteiger partial charge in [0, 0.05) is 0 Å². The molecule has 1 aromatic rings. The molecule has 0 aromatic heterocycles. The van der Waals surface area contributed by atoms with Gasteiger partial charge in [0.25, 0.3) is 6.43 Å². The molecular formula is C14H17F2NO5S. The first-order chi connectivity index (χ1) is 10.6. The van der Waals surface area contributed by atoms with Crippen LogP contribution in [0.2, 0.25) is 0 Å². The molecule has 0 spiro atoms. The van der Waals surface area contributed by atoms with Crippen molar-refractivity contribution in [3.8, 4) is 0 Å². The number of sulfonamides is 1. The zero-order valence-electron chi connectivity index (χ0n) is 12.4. The van der Waals surface area contributed by atoms with Gasteiger partial charge in [0.05, 0.1) is 24.5 Å². The van der Waals surface area contributed by atoms with Gasteiger partial charge in [0.15, 0.2) is 0 Å². The highest BCUT2D eigenvalue weighted by molar-refractivity contribution is 7.89. The van der Waals surface area contributed by atoms with Gasteiger partial charge in [-0.1, -0.05) is 6.07 Å². The number of halogens is 2. The van der Waals surface area contributed by atoms with Gasteiger partial charge in [-0.15, -0.1) is 0 Å². The third-order valence-electron chi connectivity index (χ3n) is 3.63. The highest BCUT2D eigenvalue weighted by Gasteiger charge is 2.41. The maximum Gasteiger partial charge on any atom is 0.305 e. The number of ether oxygens (including phenoxy) is 1. The minimum Gasteiger partial charge on any atom is -0.481 e. The summed E-state index contributed by atoms with van der Waals surface area (Å²) in [5.41, 5.74) is -0.773. The third-order valence-corrected chi connectivity index (χ3v) is 5.24. The fourth-order valence-corrected chi connectivity index (χ4v) is 3.79. The van der Waals surface area contributed by atoms with Crippen LogP contribution in [0.25, 0.3) is 0 Å².